The van der Waals surface area contributed by atoms with Crippen LogP contribution in [0.3, 0.4) is 0 Å². The summed E-state index contributed by atoms with van der Waals surface area (Å²) in [5, 5.41) is 9.27. The topological polar surface area (TPSA) is 60.9 Å². The number of aliphatic hydroxyl groups is 1. The van der Waals surface area contributed by atoms with Crippen LogP contribution in [-0.4, -0.2) is 47.1 Å². The van der Waals surface area contributed by atoms with Crippen LogP contribution in [0.2, 0.25) is 0 Å². The Labute approximate surface area is 136 Å². The molecule has 0 aromatic heterocycles. The highest BCUT2D eigenvalue weighted by Gasteiger charge is 2.45. The number of amides is 2. The number of imide groups is 1. The van der Waals surface area contributed by atoms with Crippen LogP contribution in [0.1, 0.15) is 37.7 Å². The number of nitrogens with zero attached hydrogens (tertiary/aromatic N) is 2. The van der Waals surface area contributed by atoms with Gasteiger partial charge in [0.05, 0.1) is 18.2 Å². The maximum Gasteiger partial charge on any atom is 0.251 e. The predicted octanol–water partition coefficient (Wildman–Crippen LogP) is 1.86. The minimum Gasteiger partial charge on any atom is -0.396 e. The number of para-hydroxylation sites is 1. The highest BCUT2D eigenvalue weighted by atomic mass is 16.3. The first-order valence-electron chi connectivity index (χ1n) is 8.42. The van der Waals surface area contributed by atoms with Crippen LogP contribution in [0.4, 0.5) is 5.69 Å². The number of carbonyl (C=O) groups excluding carboxylic acids is 2. The van der Waals surface area contributed by atoms with Crippen molar-refractivity contribution >= 4 is 17.5 Å². The maximum absolute atomic E-state index is 12.9. The Morgan fingerprint density at radius 3 is 2.74 bits per heavy atom. The summed E-state index contributed by atoms with van der Waals surface area (Å²) in [5.41, 5.74) is 1.63. The zero-order valence-corrected chi connectivity index (χ0v) is 13.6. The Balaban J connectivity index is 1.84. The Morgan fingerprint density at radius 2 is 2.00 bits per heavy atom. The molecule has 2 saturated heterocycles. The van der Waals surface area contributed by atoms with E-state index < -0.39 is 0 Å². The van der Waals surface area contributed by atoms with Crippen molar-refractivity contribution in [2.45, 2.75) is 51.1 Å². The minimum absolute atomic E-state index is 0.117. The van der Waals surface area contributed by atoms with Crippen LogP contribution in [-0.2, 0) is 9.59 Å². The van der Waals surface area contributed by atoms with Gasteiger partial charge in [0.1, 0.15) is 0 Å². The molecule has 2 heterocycles. The van der Waals surface area contributed by atoms with Gasteiger partial charge in [-0.2, -0.15) is 0 Å². The zero-order valence-electron chi connectivity index (χ0n) is 13.6. The van der Waals surface area contributed by atoms with Crippen LogP contribution in [0.25, 0.3) is 0 Å². The van der Waals surface area contributed by atoms with E-state index in [9.17, 15) is 14.7 Å². The van der Waals surface area contributed by atoms with Crippen LogP contribution in [0, 0.1) is 6.92 Å². The van der Waals surface area contributed by atoms with Crippen molar-refractivity contribution in [3.8, 4) is 0 Å². The Hall–Kier alpha value is -1.72. The molecule has 2 amide bonds. The van der Waals surface area contributed by atoms with Gasteiger partial charge in [0, 0.05) is 12.6 Å². The third-order valence-electron chi connectivity index (χ3n) is 5.01. The van der Waals surface area contributed by atoms with Crippen LogP contribution >= 0.6 is 0 Å². The first kappa shape index (κ1) is 16.1. The van der Waals surface area contributed by atoms with Crippen molar-refractivity contribution < 1.29 is 14.7 Å². The second-order valence-corrected chi connectivity index (χ2v) is 6.47. The second-order valence-electron chi connectivity index (χ2n) is 6.47. The summed E-state index contributed by atoms with van der Waals surface area (Å²) in [4.78, 5) is 28.9. The van der Waals surface area contributed by atoms with Crippen LogP contribution in [0.5, 0.6) is 0 Å². The lowest BCUT2D eigenvalue weighted by Gasteiger charge is -2.38. The summed E-state index contributed by atoms with van der Waals surface area (Å²) in [6.07, 6.45) is 4.07. The quantitative estimate of drug-likeness (QED) is 0.862. The number of rotatable bonds is 4. The molecule has 23 heavy (non-hydrogen) atoms. The van der Waals surface area contributed by atoms with Crippen LogP contribution < -0.4 is 4.90 Å². The van der Waals surface area contributed by atoms with Gasteiger partial charge < -0.3 is 5.11 Å². The van der Waals surface area contributed by atoms with Crippen molar-refractivity contribution in [1.29, 1.82) is 0 Å². The molecule has 0 bridgehead atoms. The molecule has 1 aromatic carbocycles. The number of benzene rings is 1. The largest absolute Gasteiger partial charge is 0.396 e. The summed E-state index contributed by atoms with van der Waals surface area (Å²) in [7, 11) is 0. The Kier molecular flexibility index (Phi) is 4.78. The SMILES string of the molecule is Cc1ccccc1N1C(=O)C[C@H](N2CCCC[C@H]2CCO)C1=O. The van der Waals surface area contributed by atoms with E-state index in [1.807, 2.05) is 31.2 Å². The molecular formula is C18H24N2O3. The molecule has 3 rings (SSSR count). The first-order chi connectivity index (χ1) is 11.1. The lowest BCUT2D eigenvalue weighted by molar-refractivity contribution is -0.124. The molecule has 1 N–H and O–H groups in total. The van der Waals surface area contributed by atoms with Gasteiger partial charge in [-0.15, -0.1) is 0 Å². The van der Waals surface area contributed by atoms with Crippen molar-refractivity contribution in [2.75, 3.05) is 18.1 Å². The molecule has 2 aliphatic heterocycles. The highest BCUT2D eigenvalue weighted by Crippen LogP contribution is 2.31. The fourth-order valence-corrected chi connectivity index (χ4v) is 3.83. The second kappa shape index (κ2) is 6.81. The number of hydrogen-bond donors (Lipinski definition) is 1. The number of aliphatic hydroxyl groups excluding tert-OH is 1. The van der Waals surface area contributed by atoms with Gasteiger partial charge in [-0.3, -0.25) is 14.5 Å². The van der Waals surface area contributed by atoms with Gasteiger partial charge in [0.2, 0.25) is 5.91 Å². The third kappa shape index (κ3) is 3.03. The summed E-state index contributed by atoms with van der Waals surface area (Å²) in [6, 6.07) is 7.33. The summed E-state index contributed by atoms with van der Waals surface area (Å²) < 4.78 is 0. The average Bonchev–Trinajstić information content (AvgIpc) is 2.84. The summed E-state index contributed by atoms with van der Waals surface area (Å²) >= 11 is 0. The average molecular weight is 316 g/mol. The van der Waals surface area contributed by atoms with E-state index in [2.05, 4.69) is 4.90 Å². The van der Waals surface area contributed by atoms with Crippen molar-refractivity contribution in [3.63, 3.8) is 0 Å². The number of aryl methyl sites for hydroxylation is 1. The normalized spacial score (nSPS) is 26.1. The van der Waals surface area contributed by atoms with E-state index in [4.69, 9.17) is 0 Å². The molecular weight excluding hydrogens is 292 g/mol. The molecule has 0 saturated carbocycles. The number of likely N-dealkylation sites (tertiary alicyclic amines) is 1. The molecule has 2 aliphatic rings. The van der Waals surface area contributed by atoms with Gasteiger partial charge in [-0.05, 0) is 44.4 Å². The molecule has 0 radical (unpaired) electrons. The summed E-state index contributed by atoms with van der Waals surface area (Å²) in [6.45, 7) is 2.87. The van der Waals surface area contributed by atoms with Crippen molar-refractivity contribution in [2.24, 2.45) is 0 Å². The predicted molar refractivity (Wildman–Crippen MR) is 88.1 cm³/mol. The number of piperidine rings is 1. The molecule has 1 aromatic rings. The number of carbonyl (C=O) groups is 2. The van der Waals surface area contributed by atoms with Crippen molar-refractivity contribution in [1.82, 2.24) is 4.90 Å². The molecule has 2 fully saturated rings. The van der Waals surface area contributed by atoms with E-state index in [-0.39, 0.29) is 36.9 Å². The van der Waals surface area contributed by atoms with Crippen molar-refractivity contribution in [3.05, 3.63) is 29.8 Å². The molecule has 0 spiro atoms. The monoisotopic (exact) mass is 316 g/mol. The minimum atomic E-state index is -0.376. The number of hydrogen-bond acceptors (Lipinski definition) is 4. The summed E-state index contributed by atoms with van der Waals surface area (Å²) in [5.74, 6) is -0.239. The van der Waals surface area contributed by atoms with E-state index in [1.54, 1.807) is 0 Å². The smallest absolute Gasteiger partial charge is 0.251 e. The van der Waals surface area contributed by atoms with Crippen LogP contribution in [0.15, 0.2) is 24.3 Å². The number of anilines is 1. The Morgan fingerprint density at radius 1 is 1.22 bits per heavy atom. The van der Waals surface area contributed by atoms with Gasteiger partial charge in [0.15, 0.2) is 0 Å². The molecule has 5 heteroatoms. The van der Waals surface area contributed by atoms with E-state index in [0.29, 0.717) is 12.1 Å². The van der Waals surface area contributed by atoms with Gasteiger partial charge in [-0.1, -0.05) is 24.6 Å². The molecule has 0 unspecified atom stereocenters. The third-order valence-corrected chi connectivity index (χ3v) is 5.01. The molecule has 2 atom stereocenters. The lowest BCUT2D eigenvalue weighted by Crippen LogP contribution is -2.50. The molecule has 0 aliphatic carbocycles. The van der Waals surface area contributed by atoms with Gasteiger partial charge in [0.25, 0.3) is 5.91 Å². The maximum atomic E-state index is 12.9. The fraction of sp³-hybridized carbons (Fsp3) is 0.556. The molecule has 5 nitrogen and oxygen atoms in total. The van der Waals surface area contributed by atoms with E-state index >= 15 is 0 Å². The van der Waals surface area contributed by atoms with Gasteiger partial charge in [-0.25, -0.2) is 4.90 Å². The van der Waals surface area contributed by atoms with E-state index in [0.717, 1.165) is 31.4 Å². The molecule has 124 valence electrons. The first-order valence-corrected chi connectivity index (χ1v) is 8.42. The zero-order chi connectivity index (χ0) is 16.4. The van der Waals surface area contributed by atoms with Gasteiger partial charge >= 0.3 is 0 Å². The standard InChI is InChI=1S/C18H24N2O3/c1-13-6-2-3-8-15(13)20-17(22)12-16(18(20)23)19-10-5-4-7-14(19)9-11-21/h2-3,6,8,14,16,21H,4-5,7,9-12H2,1H3/t14-,16-/m0/s1. The Bertz CT molecular complexity index is 600. The lowest BCUT2D eigenvalue weighted by atomic mass is 9.97. The van der Waals surface area contributed by atoms with E-state index in [1.165, 1.54) is 4.90 Å². The highest BCUT2D eigenvalue weighted by molar-refractivity contribution is 6.22. The fourth-order valence-electron chi connectivity index (χ4n) is 3.83.